The third kappa shape index (κ3) is 3.37. The summed E-state index contributed by atoms with van der Waals surface area (Å²) in [6, 6.07) is 21.3. The number of benzene rings is 3. The molecule has 0 fully saturated rings. The predicted octanol–water partition coefficient (Wildman–Crippen LogP) is 4.54. The Balaban J connectivity index is 1.45. The van der Waals surface area contributed by atoms with Crippen molar-refractivity contribution in [3.05, 3.63) is 93.3 Å². The van der Waals surface area contributed by atoms with Gasteiger partial charge in [0.15, 0.2) is 0 Å². The van der Waals surface area contributed by atoms with Crippen molar-refractivity contribution in [2.45, 2.75) is 0 Å². The van der Waals surface area contributed by atoms with Crippen LogP contribution in [0.5, 0.6) is 0 Å². The molecule has 5 aromatic rings. The number of para-hydroxylation sites is 1. The van der Waals surface area contributed by atoms with E-state index in [0.29, 0.717) is 27.7 Å². The number of rotatable bonds is 3. The number of carbonyl (C=O) groups excluding carboxylic acids is 1. The molecule has 8 heteroatoms. The summed E-state index contributed by atoms with van der Waals surface area (Å²) in [5, 5.41) is 12.3. The third-order valence-electron chi connectivity index (χ3n) is 4.58. The number of anilines is 1. The molecule has 3 aromatic carbocycles. The molecule has 30 heavy (non-hydrogen) atoms. The lowest BCUT2D eigenvalue weighted by Crippen LogP contribution is -2.20. The van der Waals surface area contributed by atoms with E-state index in [1.54, 1.807) is 36.4 Å². The highest BCUT2D eigenvalue weighted by Crippen LogP contribution is 2.20. The van der Waals surface area contributed by atoms with Crippen molar-refractivity contribution in [2.75, 3.05) is 5.32 Å². The number of hydrogen-bond donors (Lipinski definition) is 1. The third-order valence-corrected chi connectivity index (χ3v) is 5.11. The molecule has 2 heterocycles. The fourth-order valence-electron chi connectivity index (χ4n) is 3.10. The summed E-state index contributed by atoms with van der Waals surface area (Å²) < 4.78 is 6.20. The lowest BCUT2D eigenvalue weighted by Gasteiger charge is -2.05. The second kappa shape index (κ2) is 7.23. The quantitative estimate of drug-likeness (QED) is 0.399. The Hall–Kier alpha value is -3.78. The van der Waals surface area contributed by atoms with Crippen LogP contribution in [0, 0.1) is 0 Å². The zero-order chi connectivity index (χ0) is 20.7. The van der Waals surface area contributed by atoms with Crippen LogP contribution in [-0.2, 0) is 0 Å². The van der Waals surface area contributed by atoms with E-state index in [1.807, 2.05) is 30.3 Å². The minimum atomic E-state index is -0.687. The number of carbonyl (C=O) groups is 1. The van der Waals surface area contributed by atoms with Crippen molar-refractivity contribution in [3.8, 4) is 5.69 Å². The fraction of sp³-hybridized carbons (Fsp3) is 0. The number of hydrogen-bond acceptors (Lipinski definition) is 5. The molecule has 0 atom stereocenters. The molecule has 0 bridgehead atoms. The van der Waals surface area contributed by atoms with E-state index < -0.39 is 11.5 Å². The zero-order valence-corrected chi connectivity index (χ0v) is 17.0. The monoisotopic (exact) mass is 460 g/mol. The molecular formula is C22H13BrN4O3. The van der Waals surface area contributed by atoms with Crippen LogP contribution in [0.1, 0.15) is 10.4 Å². The Labute approximate surface area is 178 Å². The summed E-state index contributed by atoms with van der Waals surface area (Å²) in [6.07, 6.45) is 0. The van der Waals surface area contributed by atoms with Gasteiger partial charge in [-0.05, 0) is 54.6 Å². The number of amides is 1. The lowest BCUT2D eigenvalue weighted by atomic mass is 10.1. The molecule has 146 valence electrons. The average molecular weight is 461 g/mol. The van der Waals surface area contributed by atoms with Gasteiger partial charge < -0.3 is 9.73 Å². The minimum absolute atomic E-state index is 0.0627. The predicted molar refractivity (Wildman–Crippen MR) is 117 cm³/mol. The van der Waals surface area contributed by atoms with E-state index >= 15 is 0 Å². The van der Waals surface area contributed by atoms with Gasteiger partial charge in [0.1, 0.15) is 22.2 Å². The van der Waals surface area contributed by atoms with E-state index in [1.165, 1.54) is 10.9 Å². The fourth-order valence-corrected chi connectivity index (χ4v) is 3.37. The Morgan fingerprint density at radius 3 is 2.53 bits per heavy atom. The molecule has 1 amide bonds. The van der Waals surface area contributed by atoms with Crippen molar-refractivity contribution in [1.29, 1.82) is 0 Å². The van der Waals surface area contributed by atoms with E-state index in [9.17, 15) is 9.59 Å². The van der Waals surface area contributed by atoms with E-state index in [0.717, 1.165) is 10.2 Å². The highest BCUT2D eigenvalue weighted by molar-refractivity contribution is 9.10. The number of nitrogens with zero attached hydrogens (tertiary/aromatic N) is 3. The first kappa shape index (κ1) is 18.3. The van der Waals surface area contributed by atoms with Gasteiger partial charge in [0.25, 0.3) is 5.91 Å². The van der Waals surface area contributed by atoms with Crippen molar-refractivity contribution in [2.24, 2.45) is 0 Å². The summed E-state index contributed by atoms with van der Waals surface area (Å²) in [4.78, 5) is 26.4. The van der Waals surface area contributed by atoms with E-state index in [4.69, 9.17) is 4.42 Å². The Morgan fingerprint density at radius 1 is 0.933 bits per heavy atom. The average Bonchev–Trinajstić information content (AvgIpc) is 3.17. The smallest absolute Gasteiger partial charge is 0.349 e. The first-order chi connectivity index (χ1) is 14.6. The number of nitrogens with one attached hydrogen (secondary N) is 1. The van der Waals surface area contributed by atoms with Crippen LogP contribution >= 0.6 is 15.9 Å². The molecule has 0 spiro atoms. The highest BCUT2D eigenvalue weighted by Gasteiger charge is 2.15. The molecular weight excluding hydrogens is 448 g/mol. The Morgan fingerprint density at radius 2 is 1.70 bits per heavy atom. The molecule has 0 aliphatic rings. The first-order valence-corrected chi connectivity index (χ1v) is 9.83. The topological polar surface area (TPSA) is 90.0 Å². The number of halogens is 1. The molecule has 0 radical (unpaired) electrons. The van der Waals surface area contributed by atoms with E-state index in [-0.39, 0.29) is 5.56 Å². The zero-order valence-electron chi connectivity index (χ0n) is 15.4. The Kier molecular flexibility index (Phi) is 4.40. The van der Waals surface area contributed by atoms with Crippen molar-refractivity contribution in [1.82, 2.24) is 15.0 Å². The molecule has 0 unspecified atom stereocenters. The minimum Gasteiger partial charge on any atom is -0.422 e. The van der Waals surface area contributed by atoms with Crippen LogP contribution in [0.2, 0.25) is 0 Å². The molecule has 1 N–H and O–H groups in total. The summed E-state index contributed by atoms with van der Waals surface area (Å²) in [7, 11) is 0. The maximum atomic E-state index is 12.7. The lowest BCUT2D eigenvalue weighted by molar-refractivity contribution is 0.102. The van der Waals surface area contributed by atoms with Gasteiger partial charge in [-0.3, -0.25) is 4.79 Å². The van der Waals surface area contributed by atoms with Gasteiger partial charge in [-0.15, -0.1) is 10.2 Å². The van der Waals surface area contributed by atoms with Gasteiger partial charge >= 0.3 is 5.63 Å². The van der Waals surface area contributed by atoms with Gasteiger partial charge in [-0.2, -0.15) is 4.80 Å². The highest BCUT2D eigenvalue weighted by atomic mass is 79.9. The second-order valence-corrected chi connectivity index (χ2v) is 7.52. The number of fused-ring (bicyclic) bond motifs is 2. The maximum Gasteiger partial charge on any atom is 0.349 e. The van der Waals surface area contributed by atoms with Crippen LogP contribution in [-0.4, -0.2) is 20.9 Å². The first-order valence-electron chi connectivity index (χ1n) is 9.04. The maximum absolute atomic E-state index is 12.7. The van der Waals surface area contributed by atoms with E-state index in [2.05, 4.69) is 31.4 Å². The summed E-state index contributed by atoms with van der Waals surface area (Å²) in [5.41, 5.74) is 2.30. The van der Waals surface area contributed by atoms with Gasteiger partial charge in [0.05, 0.1) is 5.69 Å². The molecule has 0 aliphatic heterocycles. The molecule has 5 rings (SSSR count). The molecule has 0 saturated heterocycles. The number of aromatic nitrogens is 3. The molecule has 0 saturated carbocycles. The summed E-state index contributed by atoms with van der Waals surface area (Å²) >= 11 is 3.40. The standard InChI is InChI=1S/C22H13BrN4O3/c23-14-5-8-16(9-6-14)27-25-18-10-7-15(12-19(18)26-27)24-21(28)17-11-13-3-1-2-4-20(13)30-22(17)29/h1-12H,(H,24,28). The normalized spacial score (nSPS) is 11.1. The van der Waals surface area contributed by atoms with Crippen LogP contribution in [0.15, 0.2) is 86.5 Å². The second-order valence-electron chi connectivity index (χ2n) is 6.61. The summed E-state index contributed by atoms with van der Waals surface area (Å²) in [6.45, 7) is 0. The summed E-state index contributed by atoms with van der Waals surface area (Å²) in [5.74, 6) is -0.547. The largest absolute Gasteiger partial charge is 0.422 e. The van der Waals surface area contributed by atoms with Crippen LogP contribution < -0.4 is 10.9 Å². The molecule has 2 aromatic heterocycles. The van der Waals surface area contributed by atoms with Gasteiger partial charge in [0.2, 0.25) is 0 Å². The van der Waals surface area contributed by atoms with Gasteiger partial charge in [-0.25, -0.2) is 4.79 Å². The van der Waals surface area contributed by atoms with Crippen LogP contribution in [0.4, 0.5) is 5.69 Å². The SMILES string of the molecule is O=C(Nc1ccc2nn(-c3ccc(Br)cc3)nc2c1)c1cc2ccccc2oc1=O. The van der Waals surface area contributed by atoms with Crippen LogP contribution in [0.25, 0.3) is 27.7 Å². The Bertz CT molecular complexity index is 1470. The molecule has 0 aliphatic carbocycles. The van der Waals surface area contributed by atoms with Gasteiger partial charge in [-0.1, -0.05) is 34.1 Å². The molecule has 7 nitrogen and oxygen atoms in total. The van der Waals surface area contributed by atoms with Crippen molar-refractivity contribution < 1.29 is 9.21 Å². The van der Waals surface area contributed by atoms with Crippen LogP contribution in [0.3, 0.4) is 0 Å². The van der Waals surface area contributed by atoms with Crippen molar-refractivity contribution >= 4 is 49.5 Å². The van der Waals surface area contributed by atoms with Crippen molar-refractivity contribution in [3.63, 3.8) is 0 Å². The van der Waals surface area contributed by atoms with Gasteiger partial charge in [0, 0.05) is 15.5 Å².